The second-order valence-electron chi connectivity index (χ2n) is 8.12. The second-order valence-corrected chi connectivity index (χ2v) is 8.12. The van der Waals surface area contributed by atoms with Crippen molar-refractivity contribution in [1.82, 2.24) is 9.80 Å². The molecule has 6 heteroatoms. The van der Waals surface area contributed by atoms with E-state index in [0.29, 0.717) is 13.1 Å². The van der Waals surface area contributed by atoms with E-state index in [9.17, 15) is 9.59 Å². The van der Waals surface area contributed by atoms with E-state index in [-0.39, 0.29) is 30.0 Å². The van der Waals surface area contributed by atoms with Crippen LogP contribution in [0.25, 0.3) is 0 Å². The highest BCUT2D eigenvalue weighted by molar-refractivity contribution is 5.82. The maximum absolute atomic E-state index is 12.5. The Bertz CT molecular complexity index is 454. The molecule has 0 aromatic rings. The highest BCUT2D eigenvalue weighted by Gasteiger charge is 2.43. The zero-order valence-corrected chi connectivity index (χ0v) is 15.0. The Morgan fingerprint density at radius 2 is 1.78 bits per heavy atom. The number of hydrogen-bond acceptors (Lipinski definition) is 4. The first-order chi connectivity index (χ1) is 10.6. The summed E-state index contributed by atoms with van der Waals surface area (Å²) in [6.07, 6.45) is 2.59. The molecular weight excluding hydrogens is 294 g/mol. The fraction of sp³-hybridized carbons (Fsp3) is 0.882. The van der Waals surface area contributed by atoms with Crippen LogP contribution in [0.15, 0.2) is 0 Å². The third kappa shape index (κ3) is 4.59. The van der Waals surface area contributed by atoms with E-state index in [4.69, 9.17) is 10.5 Å². The van der Waals surface area contributed by atoms with Gasteiger partial charge in [-0.1, -0.05) is 13.8 Å². The summed E-state index contributed by atoms with van der Waals surface area (Å²) < 4.78 is 5.55. The topological polar surface area (TPSA) is 75.9 Å². The molecule has 1 saturated heterocycles. The van der Waals surface area contributed by atoms with Crippen LogP contribution < -0.4 is 5.73 Å². The van der Waals surface area contributed by atoms with Crippen LogP contribution in [-0.2, 0) is 9.53 Å². The fourth-order valence-electron chi connectivity index (χ4n) is 2.93. The van der Waals surface area contributed by atoms with Crippen LogP contribution in [0.5, 0.6) is 0 Å². The van der Waals surface area contributed by atoms with Gasteiger partial charge in [0.1, 0.15) is 5.60 Å². The molecule has 1 aliphatic heterocycles. The normalized spacial score (nSPS) is 23.1. The van der Waals surface area contributed by atoms with Gasteiger partial charge in [-0.15, -0.1) is 0 Å². The summed E-state index contributed by atoms with van der Waals surface area (Å²) in [7, 11) is 0. The first-order valence-corrected chi connectivity index (χ1v) is 8.66. The number of amides is 2. The van der Waals surface area contributed by atoms with Gasteiger partial charge >= 0.3 is 6.09 Å². The van der Waals surface area contributed by atoms with Gasteiger partial charge in [0.05, 0.1) is 12.1 Å². The average Bonchev–Trinajstić information content (AvgIpc) is 3.12. The summed E-state index contributed by atoms with van der Waals surface area (Å²) in [5.74, 6) is 0.106. The third-order valence-electron chi connectivity index (χ3n) is 4.42. The first-order valence-electron chi connectivity index (χ1n) is 8.66. The molecule has 132 valence electrons. The molecule has 0 aromatic heterocycles. The molecule has 1 saturated carbocycles. The van der Waals surface area contributed by atoms with Crippen LogP contribution in [-0.4, -0.2) is 58.6 Å². The Morgan fingerprint density at radius 3 is 2.26 bits per heavy atom. The summed E-state index contributed by atoms with van der Waals surface area (Å²) in [5.41, 5.74) is 5.48. The minimum atomic E-state index is -0.502. The predicted octanol–water partition coefficient (Wildman–Crippen LogP) is 1.97. The number of rotatable bonds is 4. The minimum Gasteiger partial charge on any atom is -0.444 e. The highest BCUT2D eigenvalue weighted by Crippen LogP contribution is 2.33. The van der Waals surface area contributed by atoms with Gasteiger partial charge in [0.2, 0.25) is 5.91 Å². The SMILES string of the molecule is CC(C)[C@H](N)C(=O)N1CC[C@H](N(C(=O)OC(C)(C)C)C2CC2)C1. The monoisotopic (exact) mass is 325 g/mol. The molecule has 1 aliphatic carbocycles. The minimum absolute atomic E-state index is 0.0116. The molecule has 2 fully saturated rings. The lowest BCUT2D eigenvalue weighted by atomic mass is 10.0. The Balaban J connectivity index is 2.00. The van der Waals surface area contributed by atoms with Crippen LogP contribution >= 0.6 is 0 Å². The number of nitrogens with zero attached hydrogens (tertiary/aromatic N) is 2. The van der Waals surface area contributed by atoms with Crippen molar-refractivity contribution in [1.29, 1.82) is 0 Å². The van der Waals surface area contributed by atoms with Crippen molar-refractivity contribution < 1.29 is 14.3 Å². The molecule has 0 radical (unpaired) electrons. The van der Waals surface area contributed by atoms with Crippen molar-refractivity contribution in [3.8, 4) is 0 Å². The van der Waals surface area contributed by atoms with Gasteiger partial charge < -0.3 is 20.3 Å². The Morgan fingerprint density at radius 1 is 1.17 bits per heavy atom. The molecule has 2 rings (SSSR count). The number of carbonyl (C=O) groups excluding carboxylic acids is 2. The third-order valence-corrected chi connectivity index (χ3v) is 4.42. The van der Waals surface area contributed by atoms with E-state index in [0.717, 1.165) is 19.3 Å². The lowest BCUT2D eigenvalue weighted by Gasteiger charge is -2.32. The van der Waals surface area contributed by atoms with Gasteiger partial charge in [-0.2, -0.15) is 0 Å². The van der Waals surface area contributed by atoms with Crippen LogP contribution in [0.1, 0.15) is 53.9 Å². The standard InChI is InChI=1S/C17H31N3O3/c1-11(2)14(18)15(21)19-9-8-13(10-19)20(12-6-7-12)16(22)23-17(3,4)5/h11-14H,6-10,18H2,1-5H3/t13-,14-/m0/s1. The van der Waals surface area contributed by atoms with E-state index in [1.54, 1.807) is 4.90 Å². The van der Waals surface area contributed by atoms with Crippen molar-refractivity contribution in [2.45, 2.75) is 77.6 Å². The van der Waals surface area contributed by atoms with Crippen molar-refractivity contribution in [3.63, 3.8) is 0 Å². The number of hydrogen-bond donors (Lipinski definition) is 1. The lowest BCUT2D eigenvalue weighted by Crippen LogP contribution is -2.49. The summed E-state index contributed by atoms with van der Waals surface area (Å²) >= 11 is 0. The van der Waals surface area contributed by atoms with Gasteiger partial charge in [-0.25, -0.2) is 4.79 Å². The first kappa shape index (κ1) is 18.0. The van der Waals surface area contributed by atoms with Crippen LogP contribution in [0.2, 0.25) is 0 Å². The highest BCUT2D eigenvalue weighted by atomic mass is 16.6. The molecule has 0 spiro atoms. The van der Waals surface area contributed by atoms with E-state index in [1.807, 2.05) is 39.5 Å². The summed E-state index contributed by atoms with van der Waals surface area (Å²) in [6.45, 7) is 10.8. The summed E-state index contributed by atoms with van der Waals surface area (Å²) in [5, 5.41) is 0. The zero-order valence-electron chi connectivity index (χ0n) is 15.0. The van der Waals surface area contributed by atoms with E-state index in [1.165, 1.54) is 0 Å². The molecule has 0 unspecified atom stereocenters. The summed E-state index contributed by atoms with van der Waals surface area (Å²) in [4.78, 5) is 28.6. The molecule has 2 aliphatic rings. The van der Waals surface area contributed by atoms with E-state index in [2.05, 4.69) is 0 Å². The van der Waals surface area contributed by atoms with Gasteiger partial charge in [0, 0.05) is 19.1 Å². The smallest absolute Gasteiger partial charge is 0.410 e. The molecule has 6 nitrogen and oxygen atoms in total. The molecule has 0 aromatic carbocycles. The van der Waals surface area contributed by atoms with Gasteiger partial charge in [-0.05, 0) is 46.0 Å². The Labute approximate surface area is 139 Å². The molecular formula is C17H31N3O3. The van der Waals surface area contributed by atoms with Crippen molar-refractivity contribution in [3.05, 3.63) is 0 Å². The van der Waals surface area contributed by atoms with Crippen molar-refractivity contribution >= 4 is 12.0 Å². The molecule has 2 N–H and O–H groups in total. The van der Waals surface area contributed by atoms with E-state index < -0.39 is 11.6 Å². The Kier molecular flexibility index (Phi) is 5.23. The molecule has 0 bridgehead atoms. The molecule has 23 heavy (non-hydrogen) atoms. The second kappa shape index (κ2) is 6.67. The Hall–Kier alpha value is -1.30. The fourth-order valence-corrected chi connectivity index (χ4v) is 2.93. The van der Waals surface area contributed by atoms with Gasteiger partial charge in [-0.3, -0.25) is 4.79 Å². The maximum Gasteiger partial charge on any atom is 0.410 e. The molecule has 2 amide bonds. The average molecular weight is 325 g/mol. The number of carbonyl (C=O) groups is 2. The molecule has 1 heterocycles. The van der Waals surface area contributed by atoms with Crippen LogP contribution in [0.3, 0.4) is 0 Å². The largest absolute Gasteiger partial charge is 0.444 e. The van der Waals surface area contributed by atoms with Crippen molar-refractivity contribution in [2.24, 2.45) is 11.7 Å². The van der Waals surface area contributed by atoms with Gasteiger partial charge in [0.25, 0.3) is 0 Å². The van der Waals surface area contributed by atoms with Crippen LogP contribution in [0.4, 0.5) is 4.79 Å². The predicted molar refractivity (Wildman–Crippen MR) is 88.9 cm³/mol. The number of ether oxygens (including phenoxy) is 1. The summed E-state index contributed by atoms with van der Waals surface area (Å²) in [6, 6.07) is -0.158. The number of nitrogens with two attached hydrogens (primary N) is 1. The van der Waals surface area contributed by atoms with Gasteiger partial charge in [0.15, 0.2) is 0 Å². The quantitative estimate of drug-likeness (QED) is 0.857. The molecule has 2 atom stereocenters. The van der Waals surface area contributed by atoms with Crippen LogP contribution in [0, 0.1) is 5.92 Å². The van der Waals surface area contributed by atoms with E-state index >= 15 is 0 Å². The maximum atomic E-state index is 12.5. The van der Waals surface area contributed by atoms with Crippen molar-refractivity contribution in [2.75, 3.05) is 13.1 Å². The zero-order chi connectivity index (χ0) is 17.4. The number of likely N-dealkylation sites (tertiary alicyclic amines) is 1. The lowest BCUT2D eigenvalue weighted by molar-refractivity contribution is -0.132.